The average molecular weight is 374 g/mol. The van der Waals surface area contributed by atoms with E-state index in [1.165, 1.54) is 0 Å². The number of aromatic amines is 2. The molecule has 0 radical (unpaired) electrons. The van der Waals surface area contributed by atoms with Gasteiger partial charge in [-0.2, -0.15) is 0 Å². The first-order valence-corrected chi connectivity index (χ1v) is 9.34. The molecule has 2 heterocycles. The number of nitrogens with one attached hydrogen (secondary N) is 2. The fourth-order valence-electron chi connectivity index (χ4n) is 3.38. The van der Waals surface area contributed by atoms with Gasteiger partial charge < -0.3 is 14.9 Å². The molecular weight excluding hydrogens is 352 g/mol. The number of hydrogen-bond donors (Lipinski definition) is 2. The summed E-state index contributed by atoms with van der Waals surface area (Å²) in [5.41, 5.74) is 3.61. The van der Waals surface area contributed by atoms with Crippen LogP contribution in [0.15, 0.2) is 59.4 Å². The van der Waals surface area contributed by atoms with Crippen LogP contribution < -0.4 is 5.56 Å². The minimum absolute atomic E-state index is 0.0273. The van der Waals surface area contributed by atoms with Gasteiger partial charge in [-0.05, 0) is 36.6 Å². The lowest BCUT2D eigenvalue weighted by atomic mass is 10.1. The van der Waals surface area contributed by atoms with Crippen molar-refractivity contribution in [3.8, 4) is 0 Å². The molecular formula is C22H22N4O2. The van der Waals surface area contributed by atoms with E-state index in [4.69, 9.17) is 0 Å². The number of benzene rings is 2. The van der Waals surface area contributed by atoms with Crippen LogP contribution in [0.3, 0.4) is 0 Å². The second-order valence-electron chi connectivity index (χ2n) is 7.02. The smallest absolute Gasteiger partial charge is 0.270 e. The highest BCUT2D eigenvalue weighted by molar-refractivity contribution is 5.81. The molecule has 0 spiro atoms. The van der Waals surface area contributed by atoms with Gasteiger partial charge in [0.2, 0.25) is 5.91 Å². The van der Waals surface area contributed by atoms with Crippen molar-refractivity contribution < 1.29 is 4.79 Å². The highest BCUT2D eigenvalue weighted by Gasteiger charge is 2.19. The van der Waals surface area contributed by atoms with Crippen LogP contribution in [-0.4, -0.2) is 32.8 Å². The Bertz CT molecular complexity index is 1170. The lowest BCUT2D eigenvalue weighted by Gasteiger charge is -2.24. The van der Waals surface area contributed by atoms with Gasteiger partial charge in [0.25, 0.3) is 5.56 Å². The Morgan fingerprint density at radius 2 is 1.79 bits per heavy atom. The molecule has 0 bridgehead atoms. The molecule has 0 saturated heterocycles. The van der Waals surface area contributed by atoms with Crippen molar-refractivity contribution in [2.45, 2.75) is 25.8 Å². The summed E-state index contributed by atoms with van der Waals surface area (Å²) < 4.78 is 0. The van der Waals surface area contributed by atoms with Gasteiger partial charge in [-0.1, -0.05) is 30.3 Å². The van der Waals surface area contributed by atoms with E-state index in [0.29, 0.717) is 17.6 Å². The molecule has 0 aliphatic heterocycles. The van der Waals surface area contributed by atoms with Gasteiger partial charge >= 0.3 is 0 Å². The van der Waals surface area contributed by atoms with Gasteiger partial charge in [0.1, 0.15) is 5.69 Å². The third kappa shape index (κ3) is 3.41. The van der Waals surface area contributed by atoms with E-state index in [2.05, 4.69) is 21.0 Å². The van der Waals surface area contributed by atoms with Crippen molar-refractivity contribution in [3.63, 3.8) is 0 Å². The van der Waals surface area contributed by atoms with E-state index in [1.54, 1.807) is 11.9 Å². The number of carbonyl (C=O) groups is 1. The first-order chi connectivity index (χ1) is 13.5. The third-order valence-electron chi connectivity index (χ3n) is 5.22. The molecule has 2 N–H and O–H groups in total. The second-order valence-corrected chi connectivity index (χ2v) is 7.02. The van der Waals surface area contributed by atoms with E-state index >= 15 is 0 Å². The quantitative estimate of drug-likeness (QED) is 0.560. The van der Waals surface area contributed by atoms with Crippen LogP contribution in [0.2, 0.25) is 0 Å². The van der Waals surface area contributed by atoms with Crippen LogP contribution in [0, 0.1) is 0 Å². The molecule has 4 aromatic rings. The standard InChI is InChI=1S/C22H22N4O2/c1-14(20-13-15-7-3-4-8-16(15)23-20)26(2)21(27)12-11-19-22(28)25-18-10-6-5-9-17(18)24-19/h3-10,13-14,23H,11-12H2,1-2H3,(H,25,28)/t14-/m1/s1. The number of aryl methyl sites for hydroxylation is 1. The number of amides is 1. The molecule has 6 heteroatoms. The van der Waals surface area contributed by atoms with Crippen molar-refractivity contribution in [3.05, 3.63) is 76.3 Å². The van der Waals surface area contributed by atoms with Crippen LogP contribution >= 0.6 is 0 Å². The summed E-state index contributed by atoms with van der Waals surface area (Å²) in [6, 6.07) is 17.4. The van der Waals surface area contributed by atoms with Crippen molar-refractivity contribution in [2.24, 2.45) is 0 Å². The molecule has 1 atom stereocenters. The maximum absolute atomic E-state index is 12.7. The Labute approximate surface area is 162 Å². The number of hydrogen-bond acceptors (Lipinski definition) is 3. The Morgan fingerprint density at radius 3 is 2.57 bits per heavy atom. The molecule has 2 aromatic carbocycles. The van der Waals surface area contributed by atoms with E-state index in [-0.39, 0.29) is 23.9 Å². The topological polar surface area (TPSA) is 81.8 Å². The van der Waals surface area contributed by atoms with Gasteiger partial charge in [0.05, 0.1) is 17.1 Å². The molecule has 1 amide bonds. The molecule has 28 heavy (non-hydrogen) atoms. The Hall–Kier alpha value is -3.41. The largest absolute Gasteiger partial charge is 0.357 e. The van der Waals surface area contributed by atoms with E-state index in [0.717, 1.165) is 22.1 Å². The molecule has 4 rings (SSSR count). The van der Waals surface area contributed by atoms with Crippen LogP contribution in [0.5, 0.6) is 0 Å². The van der Waals surface area contributed by atoms with Gasteiger partial charge in [0.15, 0.2) is 0 Å². The number of nitrogens with zero attached hydrogens (tertiary/aromatic N) is 2. The zero-order chi connectivity index (χ0) is 19.7. The first-order valence-electron chi connectivity index (χ1n) is 9.34. The van der Waals surface area contributed by atoms with Crippen molar-refractivity contribution >= 4 is 27.8 Å². The first kappa shape index (κ1) is 18.0. The van der Waals surface area contributed by atoms with Gasteiger partial charge in [-0.3, -0.25) is 9.59 Å². The Morgan fingerprint density at radius 1 is 1.07 bits per heavy atom. The lowest BCUT2D eigenvalue weighted by molar-refractivity contribution is -0.131. The summed E-state index contributed by atoms with van der Waals surface area (Å²) in [5, 5.41) is 1.12. The summed E-state index contributed by atoms with van der Waals surface area (Å²) in [6.45, 7) is 1.99. The maximum atomic E-state index is 12.7. The zero-order valence-corrected chi connectivity index (χ0v) is 15.9. The van der Waals surface area contributed by atoms with E-state index in [1.807, 2.05) is 55.5 Å². The highest BCUT2D eigenvalue weighted by atomic mass is 16.2. The third-order valence-corrected chi connectivity index (χ3v) is 5.22. The summed E-state index contributed by atoms with van der Waals surface area (Å²) in [5.74, 6) is -0.0273. The monoisotopic (exact) mass is 374 g/mol. The Balaban J connectivity index is 1.47. The number of rotatable bonds is 5. The fraction of sp³-hybridized carbons (Fsp3) is 0.227. The number of H-pyrrole nitrogens is 2. The molecule has 0 aliphatic carbocycles. The number of fused-ring (bicyclic) bond motifs is 2. The maximum Gasteiger partial charge on any atom is 0.270 e. The SMILES string of the molecule is C[C@H](c1cc2ccccc2[nH]1)N(C)C(=O)CCc1nc2ccccc2[nH]c1=O. The molecule has 2 aromatic heterocycles. The minimum Gasteiger partial charge on any atom is -0.357 e. The molecule has 0 saturated carbocycles. The van der Waals surface area contributed by atoms with Crippen LogP contribution in [0.25, 0.3) is 21.9 Å². The van der Waals surface area contributed by atoms with Crippen molar-refractivity contribution in [1.82, 2.24) is 19.9 Å². The summed E-state index contributed by atoms with van der Waals surface area (Å²) in [6.07, 6.45) is 0.540. The van der Waals surface area contributed by atoms with Gasteiger partial charge in [0, 0.05) is 31.1 Å². The average Bonchev–Trinajstić information content (AvgIpc) is 3.15. The van der Waals surface area contributed by atoms with Crippen molar-refractivity contribution in [2.75, 3.05) is 7.05 Å². The summed E-state index contributed by atoms with van der Waals surface area (Å²) in [7, 11) is 1.79. The van der Waals surface area contributed by atoms with Gasteiger partial charge in [-0.15, -0.1) is 0 Å². The van der Waals surface area contributed by atoms with Crippen LogP contribution in [-0.2, 0) is 11.2 Å². The molecule has 6 nitrogen and oxygen atoms in total. The fourth-order valence-corrected chi connectivity index (χ4v) is 3.38. The van der Waals surface area contributed by atoms with Crippen molar-refractivity contribution in [1.29, 1.82) is 0 Å². The lowest BCUT2D eigenvalue weighted by Crippen LogP contribution is -2.30. The summed E-state index contributed by atoms with van der Waals surface area (Å²) in [4.78, 5) is 37.2. The van der Waals surface area contributed by atoms with Crippen LogP contribution in [0.4, 0.5) is 0 Å². The molecule has 142 valence electrons. The number of carbonyl (C=O) groups excluding carboxylic acids is 1. The summed E-state index contributed by atoms with van der Waals surface area (Å²) >= 11 is 0. The predicted octanol–water partition coefficient (Wildman–Crippen LogP) is 3.56. The molecule has 0 aliphatic rings. The van der Waals surface area contributed by atoms with E-state index < -0.39 is 0 Å². The van der Waals surface area contributed by atoms with Gasteiger partial charge in [-0.25, -0.2) is 4.98 Å². The molecule has 0 unspecified atom stereocenters. The van der Waals surface area contributed by atoms with E-state index in [9.17, 15) is 9.59 Å². The predicted molar refractivity (Wildman–Crippen MR) is 110 cm³/mol. The highest BCUT2D eigenvalue weighted by Crippen LogP contribution is 2.23. The number of para-hydroxylation sites is 3. The normalized spacial score (nSPS) is 12.4. The zero-order valence-electron chi connectivity index (χ0n) is 15.9. The number of aromatic nitrogens is 3. The molecule has 0 fully saturated rings. The minimum atomic E-state index is -0.238. The van der Waals surface area contributed by atoms with Crippen LogP contribution in [0.1, 0.15) is 30.8 Å². The second kappa shape index (κ2) is 7.31. The Kier molecular flexibility index (Phi) is 4.69.